The van der Waals surface area contributed by atoms with Gasteiger partial charge in [0.25, 0.3) is 0 Å². The van der Waals surface area contributed by atoms with Crippen LogP contribution in [0.2, 0.25) is 0 Å². The van der Waals surface area contributed by atoms with Crippen LogP contribution < -0.4 is 0 Å². The SMILES string of the molecule is CCc1c(C(=O)OC)cccc1C(=O)OC. The fourth-order valence-electron chi connectivity index (χ4n) is 1.57. The van der Waals surface area contributed by atoms with Gasteiger partial charge in [0, 0.05) is 0 Å². The zero-order chi connectivity index (χ0) is 12.1. The molecule has 0 saturated carbocycles. The summed E-state index contributed by atoms with van der Waals surface area (Å²) in [5.74, 6) is -0.884. The first kappa shape index (κ1) is 12.2. The van der Waals surface area contributed by atoms with E-state index < -0.39 is 11.9 Å². The highest BCUT2D eigenvalue weighted by Gasteiger charge is 2.18. The number of methoxy groups -OCH3 is 2. The van der Waals surface area contributed by atoms with Crippen molar-refractivity contribution < 1.29 is 19.1 Å². The van der Waals surface area contributed by atoms with Gasteiger partial charge in [-0.25, -0.2) is 9.59 Å². The van der Waals surface area contributed by atoms with Gasteiger partial charge in [-0.3, -0.25) is 0 Å². The molecule has 0 bridgehead atoms. The number of rotatable bonds is 3. The molecule has 1 rings (SSSR count). The van der Waals surface area contributed by atoms with Gasteiger partial charge in [-0.05, 0) is 24.1 Å². The number of hydrogen-bond acceptors (Lipinski definition) is 4. The van der Waals surface area contributed by atoms with Gasteiger partial charge in [-0.2, -0.15) is 0 Å². The van der Waals surface area contributed by atoms with E-state index in [9.17, 15) is 9.59 Å². The highest BCUT2D eigenvalue weighted by Crippen LogP contribution is 2.17. The van der Waals surface area contributed by atoms with E-state index in [2.05, 4.69) is 9.47 Å². The van der Waals surface area contributed by atoms with Crippen molar-refractivity contribution in [2.75, 3.05) is 14.2 Å². The quantitative estimate of drug-likeness (QED) is 0.732. The highest BCUT2D eigenvalue weighted by atomic mass is 16.5. The van der Waals surface area contributed by atoms with Crippen molar-refractivity contribution in [1.29, 1.82) is 0 Å². The van der Waals surface area contributed by atoms with Crippen molar-refractivity contribution in [3.05, 3.63) is 34.9 Å². The molecule has 0 saturated heterocycles. The molecule has 0 radical (unpaired) electrons. The molecule has 4 nitrogen and oxygen atoms in total. The first-order valence-corrected chi connectivity index (χ1v) is 4.94. The van der Waals surface area contributed by atoms with Crippen LogP contribution in [0, 0.1) is 0 Å². The Morgan fingerprint density at radius 1 is 1.06 bits per heavy atom. The van der Waals surface area contributed by atoms with Crippen LogP contribution in [0.4, 0.5) is 0 Å². The second-order valence-electron chi connectivity index (χ2n) is 3.17. The average Bonchev–Trinajstić information content (AvgIpc) is 2.35. The molecule has 1 aromatic carbocycles. The third kappa shape index (κ3) is 2.21. The van der Waals surface area contributed by atoms with Gasteiger partial charge in [0.2, 0.25) is 0 Å². The lowest BCUT2D eigenvalue weighted by Gasteiger charge is -2.10. The molecule has 0 aliphatic carbocycles. The average molecular weight is 222 g/mol. The van der Waals surface area contributed by atoms with Crippen molar-refractivity contribution in [3.63, 3.8) is 0 Å². The van der Waals surface area contributed by atoms with E-state index in [-0.39, 0.29) is 0 Å². The second kappa shape index (κ2) is 5.30. The molecule has 0 unspecified atom stereocenters. The summed E-state index contributed by atoms with van der Waals surface area (Å²) in [5.41, 5.74) is 1.47. The molecule has 4 heteroatoms. The molecule has 0 atom stereocenters. The van der Waals surface area contributed by atoms with Gasteiger partial charge < -0.3 is 9.47 Å². The van der Waals surface area contributed by atoms with Crippen molar-refractivity contribution in [2.45, 2.75) is 13.3 Å². The number of esters is 2. The zero-order valence-corrected chi connectivity index (χ0v) is 9.57. The van der Waals surface area contributed by atoms with Crippen LogP contribution >= 0.6 is 0 Å². The van der Waals surface area contributed by atoms with E-state index in [1.165, 1.54) is 14.2 Å². The highest BCUT2D eigenvalue weighted by molar-refractivity contribution is 5.98. The standard InChI is InChI=1S/C12H14O4/c1-4-8-9(11(13)15-2)6-5-7-10(8)12(14)16-3/h5-7H,4H2,1-3H3. The number of carbonyl (C=O) groups is 2. The van der Waals surface area contributed by atoms with Gasteiger partial charge in [0.15, 0.2) is 0 Å². The Hall–Kier alpha value is -1.84. The summed E-state index contributed by atoms with van der Waals surface area (Å²) in [6.07, 6.45) is 0.565. The molecule has 0 fully saturated rings. The summed E-state index contributed by atoms with van der Waals surface area (Å²) < 4.78 is 9.31. The Bertz CT molecular complexity index is 375. The molecule has 1 aromatic rings. The van der Waals surface area contributed by atoms with Crippen LogP contribution in [0.15, 0.2) is 18.2 Å². The predicted octanol–water partition coefficient (Wildman–Crippen LogP) is 1.82. The molecule has 86 valence electrons. The summed E-state index contributed by atoms with van der Waals surface area (Å²) >= 11 is 0. The fraction of sp³-hybridized carbons (Fsp3) is 0.333. The van der Waals surface area contributed by atoms with Crippen LogP contribution in [0.25, 0.3) is 0 Å². The first-order chi connectivity index (χ1) is 7.65. The normalized spacial score (nSPS) is 9.69. The van der Waals surface area contributed by atoms with Crippen molar-refractivity contribution in [2.24, 2.45) is 0 Å². The Morgan fingerprint density at radius 2 is 1.50 bits per heavy atom. The lowest BCUT2D eigenvalue weighted by molar-refractivity contribution is 0.0597. The molecule has 0 heterocycles. The molecular weight excluding hydrogens is 208 g/mol. The largest absolute Gasteiger partial charge is 0.465 e. The Kier molecular flexibility index (Phi) is 4.05. The van der Waals surface area contributed by atoms with E-state index in [1.54, 1.807) is 18.2 Å². The Labute approximate surface area is 94.2 Å². The van der Waals surface area contributed by atoms with Crippen molar-refractivity contribution in [1.82, 2.24) is 0 Å². The maximum Gasteiger partial charge on any atom is 0.338 e. The smallest absolute Gasteiger partial charge is 0.338 e. The Balaban J connectivity index is 3.31. The summed E-state index contributed by atoms with van der Waals surface area (Å²) in [4.78, 5) is 23.0. The van der Waals surface area contributed by atoms with Crippen LogP contribution in [-0.2, 0) is 15.9 Å². The number of ether oxygens (including phenoxy) is 2. The fourth-order valence-corrected chi connectivity index (χ4v) is 1.57. The maximum atomic E-state index is 11.5. The summed E-state index contributed by atoms with van der Waals surface area (Å²) in [7, 11) is 2.62. The molecule has 0 aromatic heterocycles. The third-order valence-electron chi connectivity index (χ3n) is 2.34. The minimum absolute atomic E-state index is 0.410. The van der Waals surface area contributed by atoms with Crippen LogP contribution in [0.1, 0.15) is 33.2 Å². The zero-order valence-electron chi connectivity index (χ0n) is 9.57. The van der Waals surface area contributed by atoms with Gasteiger partial charge in [0.1, 0.15) is 0 Å². The number of hydrogen-bond donors (Lipinski definition) is 0. The van der Waals surface area contributed by atoms with Gasteiger partial charge in [-0.1, -0.05) is 13.0 Å². The summed E-state index contributed by atoms with van der Waals surface area (Å²) in [5, 5.41) is 0. The molecular formula is C12H14O4. The topological polar surface area (TPSA) is 52.6 Å². The van der Waals surface area contributed by atoms with Crippen molar-refractivity contribution >= 4 is 11.9 Å². The van der Waals surface area contributed by atoms with E-state index in [1.807, 2.05) is 6.92 Å². The minimum Gasteiger partial charge on any atom is -0.465 e. The summed E-state index contributed by atoms with van der Waals surface area (Å²) in [6.45, 7) is 1.87. The molecule has 0 amide bonds. The molecule has 16 heavy (non-hydrogen) atoms. The molecule has 0 spiro atoms. The van der Waals surface area contributed by atoms with Crippen LogP contribution in [-0.4, -0.2) is 26.2 Å². The van der Waals surface area contributed by atoms with Crippen molar-refractivity contribution in [3.8, 4) is 0 Å². The van der Waals surface area contributed by atoms with E-state index in [4.69, 9.17) is 0 Å². The lowest BCUT2D eigenvalue weighted by Crippen LogP contribution is -2.12. The van der Waals surface area contributed by atoms with E-state index in [0.717, 1.165) is 0 Å². The van der Waals surface area contributed by atoms with Gasteiger partial charge in [0.05, 0.1) is 25.3 Å². The first-order valence-electron chi connectivity index (χ1n) is 4.94. The minimum atomic E-state index is -0.442. The molecule has 0 aliphatic heterocycles. The van der Waals surface area contributed by atoms with E-state index >= 15 is 0 Å². The predicted molar refractivity (Wildman–Crippen MR) is 58.5 cm³/mol. The molecule has 0 N–H and O–H groups in total. The summed E-state index contributed by atoms with van der Waals surface area (Å²) in [6, 6.07) is 4.91. The van der Waals surface area contributed by atoms with Crippen LogP contribution in [0.3, 0.4) is 0 Å². The maximum absolute atomic E-state index is 11.5. The lowest BCUT2D eigenvalue weighted by atomic mass is 9.99. The monoisotopic (exact) mass is 222 g/mol. The number of benzene rings is 1. The molecule has 0 aliphatic rings. The van der Waals surface area contributed by atoms with Crippen LogP contribution in [0.5, 0.6) is 0 Å². The van der Waals surface area contributed by atoms with Gasteiger partial charge in [-0.15, -0.1) is 0 Å². The van der Waals surface area contributed by atoms with Gasteiger partial charge >= 0.3 is 11.9 Å². The Morgan fingerprint density at radius 3 is 1.81 bits per heavy atom. The second-order valence-corrected chi connectivity index (χ2v) is 3.17. The number of carbonyl (C=O) groups excluding carboxylic acids is 2. The van der Waals surface area contributed by atoms with E-state index in [0.29, 0.717) is 23.1 Å². The third-order valence-corrected chi connectivity index (χ3v) is 2.34.